The number of ether oxygens (including phenoxy) is 1. The molecule has 4 heterocycles. The number of amides is 2. The number of piperazine rings is 1. The number of benzene rings is 1. The first-order chi connectivity index (χ1) is 18.9. The second-order valence-electron chi connectivity index (χ2n) is 10.7. The molecule has 11 heteroatoms. The number of methoxy groups -OCH3 is 1. The van der Waals surface area contributed by atoms with Crippen molar-refractivity contribution in [3.8, 4) is 5.75 Å². The maximum absolute atomic E-state index is 13.3. The molecule has 0 spiro atoms. The van der Waals surface area contributed by atoms with Gasteiger partial charge in [-0.25, -0.2) is 4.98 Å². The van der Waals surface area contributed by atoms with E-state index in [9.17, 15) is 9.59 Å². The lowest BCUT2D eigenvalue weighted by Gasteiger charge is -2.42. The van der Waals surface area contributed by atoms with Gasteiger partial charge < -0.3 is 29.7 Å². The molecule has 1 N–H and O–H groups in total. The number of nitrogens with one attached hydrogen (secondary N) is 1. The number of anilines is 4. The van der Waals surface area contributed by atoms with Gasteiger partial charge in [-0.1, -0.05) is 6.92 Å². The Morgan fingerprint density at radius 3 is 2.54 bits per heavy atom. The molecule has 1 aromatic carbocycles. The summed E-state index contributed by atoms with van der Waals surface area (Å²) in [5.41, 5.74) is 1.97. The van der Waals surface area contributed by atoms with Crippen LogP contribution in [-0.2, 0) is 4.79 Å². The summed E-state index contributed by atoms with van der Waals surface area (Å²) in [5.74, 6) is 1.73. The van der Waals surface area contributed by atoms with Crippen LogP contribution in [0.5, 0.6) is 5.75 Å². The smallest absolute Gasteiger partial charge is 0.253 e. The highest BCUT2D eigenvalue weighted by atomic mass is 16.5. The summed E-state index contributed by atoms with van der Waals surface area (Å²) in [7, 11) is 5.51. The zero-order valence-corrected chi connectivity index (χ0v) is 23.5. The molecule has 39 heavy (non-hydrogen) atoms. The van der Waals surface area contributed by atoms with Crippen molar-refractivity contribution in [1.29, 1.82) is 0 Å². The molecular formula is C28H40N8O3. The number of aromatic nitrogens is 2. The first kappa shape index (κ1) is 27.1. The number of rotatable bonds is 7. The quantitative estimate of drug-likeness (QED) is 0.572. The highest BCUT2D eigenvalue weighted by Crippen LogP contribution is 2.33. The van der Waals surface area contributed by atoms with E-state index in [1.807, 2.05) is 21.9 Å². The molecule has 2 amide bonds. The van der Waals surface area contributed by atoms with Gasteiger partial charge in [0.15, 0.2) is 5.82 Å². The second kappa shape index (κ2) is 11.7. The number of fused-ring (bicyclic) bond motifs is 1. The first-order valence-corrected chi connectivity index (χ1v) is 13.9. The number of piperidine rings is 1. The molecule has 2 saturated heterocycles. The van der Waals surface area contributed by atoms with Gasteiger partial charge in [0.2, 0.25) is 11.9 Å². The number of hydrogen-bond donors (Lipinski definition) is 1. The topological polar surface area (TPSA) is 97.4 Å². The van der Waals surface area contributed by atoms with Crippen molar-refractivity contribution in [2.75, 3.05) is 88.7 Å². The number of likely N-dealkylation sites (tertiary alicyclic amines) is 1. The molecule has 0 bridgehead atoms. The molecule has 1 aromatic heterocycles. The van der Waals surface area contributed by atoms with Crippen LogP contribution in [0.4, 0.5) is 23.1 Å². The van der Waals surface area contributed by atoms with Crippen molar-refractivity contribution >= 4 is 35.0 Å². The SMILES string of the molecule is CCCN1CC(=O)N(C)c2cnc(Nc3ccc(C(=O)N4CCC(N5CCN(C)CC5)CC4)cc3OC)nc21. The minimum atomic E-state index is 0.0192. The van der Waals surface area contributed by atoms with Crippen molar-refractivity contribution in [3.63, 3.8) is 0 Å². The monoisotopic (exact) mass is 536 g/mol. The number of carbonyl (C=O) groups is 2. The molecule has 210 valence electrons. The van der Waals surface area contributed by atoms with Crippen molar-refractivity contribution in [2.45, 2.75) is 32.2 Å². The van der Waals surface area contributed by atoms with E-state index in [-0.39, 0.29) is 11.8 Å². The van der Waals surface area contributed by atoms with Crippen LogP contribution in [0.15, 0.2) is 24.4 Å². The number of carbonyl (C=O) groups excluding carboxylic acids is 2. The lowest BCUT2D eigenvalue weighted by atomic mass is 10.0. The maximum Gasteiger partial charge on any atom is 0.253 e. The number of likely N-dealkylation sites (N-methyl/N-ethyl adjacent to an activating group) is 2. The summed E-state index contributed by atoms with van der Waals surface area (Å²) >= 11 is 0. The summed E-state index contributed by atoms with van der Waals surface area (Å²) in [5, 5.41) is 3.24. The molecule has 2 fully saturated rings. The van der Waals surface area contributed by atoms with Gasteiger partial charge in [-0.3, -0.25) is 14.5 Å². The Balaban J connectivity index is 1.26. The average Bonchev–Trinajstić information content (AvgIpc) is 2.96. The van der Waals surface area contributed by atoms with Crippen molar-refractivity contribution in [1.82, 2.24) is 24.7 Å². The number of nitrogens with zero attached hydrogens (tertiary/aromatic N) is 7. The molecule has 5 rings (SSSR count). The standard InChI is InChI=1S/C28H40N8O3/c1-5-10-36-19-25(37)33(3)23-18-29-28(31-26(23)36)30-22-7-6-20(17-24(22)39-4)27(38)35-11-8-21(9-12-35)34-15-13-32(2)14-16-34/h6-7,17-18,21H,5,8-16,19H2,1-4H3,(H,29,30,31). The van der Waals surface area contributed by atoms with Gasteiger partial charge in [-0.05, 0) is 44.5 Å². The van der Waals surface area contributed by atoms with Crippen LogP contribution in [0.3, 0.4) is 0 Å². The van der Waals surface area contributed by atoms with E-state index in [0.29, 0.717) is 41.2 Å². The summed E-state index contributed by atoms with van der Waals surface area (Å²) in [6.07, 6.45) is 4.59. The molecule has 0 aliphatic carbocycles. The molecule has 0 unspecified atom stereocenters. The van der Waals surface area contributed by atoms with Crippen LogP contribution < -0.4 is 19.9 Å². The predicted molar refractivity (Wildman–Crippen MR) is 152 cm³/mol. The molecule has 11 nitrogen and oxygen atoms in total. The zero-order chi connectivity index (χ0) is 27.5. The van der Waals surface area contributed by atoms with E-state index in [0.717, 1.165) is 70.9 Å². The Kier molecular flexibility index (Phi) is 8.18. The Bertz CT molecular complexity index is 1190. The van der Waals surface area contributed by atoms with Crippen LogP contribution in [-0.4, -0.2) is 116 Å². The van der Waals surface area contributed by atoms with Gasteiger partial charge in [-0.2, -0.15) is 4.98 Å². The van der Waals surface area contributed by atoms with Gasteiger partial charge in [0.05, 0.1) is 25.5 Å². The fourth-order valence-electron chi connectivity index (χ4n) is 5.68. The van der Waals surface area contributed by atoms with Gasteiger partial charge in [0, 0.05) is 64.5 Å². The van der Waals surface area contributed by atoms with Crippen molar-refractivity contribution in [2.24, 2.45) is 0 Å². The fraction of sp³-hybridized carbons (Fsp3) is 0.571. The second-order valence-corrected chi connectivity index (χ2v) is 10.7. The first-order valence-electron chi connectivity index (χ1n) is 13.9. The minimum Gasteiger partial charge on any atom is -0.495 e. The Hall–Kier alpha value is -3.44. The maximum atomic E-state index is 13.3. The zero-order valence-electron chi connectivity index (χ0n) is 23.5. The summed E-state index contributed by atoms with van der Waals surface area (Å²) in [6.45, 7) is 9.09. The Labute approximate surface area is 230 Å². The third kappa shape index (κ3) is 5.79. The summed E-state index contributed by atoms with van der Waals surface area (Å²) < 4.78 is 5.64. The molecule has 3 aliphatic heterocycles. The highest BCUT2D eigenvalue weighted by molar-refractivity contribution is 6.02. The molecule has 0 radical (unpaired) electrons. The van der Waals surface area contributed by atoms with Gasteiger partial charge in [0.25, 0.3) is 5.91 Å². The van der Waals surface area contributed by atoms with Crippen LogP contribution in [0.2, 0.25) is 0 Å². The fourth-order valence-corrected chi connectivity index (χ4v) is 5.68. The molecule has 3 aliphatic rings. The summed E-state index contributed by atoms with van der Waals surface area (Å²) in [4.78, 5) is 45.4. The number of hydrogen-bond acceptors (Lipinski definition) is 9. The van der Waals surface area contributed by atoms with Crippen molar-refractivity contribution in [3.05, 3.63) is 30.0 Å². The van der Waals surface area contributed by atoms with Crippen LogP contribution in [0, 0.1) is 0 Å². The van der Waals surface area contributed by atoms with Gasteiger partial charge in [-0.15, -0.1) is 0 Å². The lowest BCUT2D eigenvalue weighted by molar-refractivity contribution is -0.117. The van der Waals surface area contributed by atoms with E-state index >= 15 is 0 Å². The third-order valence-electron chi connectivity index (χ3n) is 8.11. The molecule has 0 saturated carbocycles. The van der Waals surface area contributed by atoms with E-state index in [1.54, 1.807) is 31.3 Å². The summed E-state index contributed by atoms with van der Waals surface area (Å²) in [6, 6.07) is 6.01. The molecular weight excluding hydrogens is 496 g/mol. The molecule has 2 aromatic rings. The Morgan fingerprint density at radius 1 is 1.10 bits per heavy atom. The lowest BCUT2D eigenvalue weighted by Crippen LogP contribution is -2.52. The van der Waals surface area contributed by atoms with Crippen LogP contribution in [0.25, 0.3) is 0 Å². The van der Waals surface area contributed by atoms with E-state index in [1.165, 1.54) is 0 Å². The largest absolute Gasteiger partial charge is 0.495 e. The van der Waals surface area contributed by atoms with E-state index in [2.05, 4.69) is 34.1 Å². The van der Waals surface area contributed by atoms with Crippen LogP contribution >= 0.6 is 0 Å². The van der Waals surface area contributed by atoms with Gasteiger partial charge in [0.1, 0.15) is 11.4 Å². The van der Waals surface area contributed by atoms with E-state index in [4.69, 9.17) is 9.72 Å². The highest BCUT2D eigenvalue weighted by Gasteiger charge is 2.30. The van der Waals surface area contributed by atoms with Crippen molar-refractivity contribution < 1.29 is 14.3 Å². The van der Waals surface area contributed by atoms with Crippen LogP contribution in [0.1, 0.15) is 36.5 Å². The third-order valence-corrected chi connectivity index (χ3v) is 8.11. The van der Waals surface area contributed by atoms with Gasteiger partial charge >= 0.3 is 0 Å². The average molecular weight is 537 g/mol. The normalized spacial score (nSPS) is 19.3. The van der Waals surface area contributed by atoms with E-state index < -0.39 is 0 Å². The Morgan fingerprint density at radius 2 is 1.85 bits per heavy atom. The predicted octanol–water partition coefficient (Wildman–Crippen LogP) is 2.27. The molecule has 0 atom stereocenters. The minimum absolute atomic E-state index is 0.0192.